The number of nitrogens with one attached hydrogen (secondary N) is 1. The van der Waals surface area contributed by atoms with Crippen LogP contribution in [0.3, 0.4) is 0 Å². The van der Waals surface area contributed by atoms with Crippen molar-refractivity contribution in [2.75, 3.05) is 6.54 Å². The second-order valence-electron chi connectivity index (χ2n) is 5.64. The van der Waals surface area contributed by atoms with Crippen molar-refractivity contribution >= 4 is 11.3 Å². The average molecular weight is 306 g/mol. The lowest BCUT2D eigenvalue weighted by molar-refractivity contribution is 0.630. The number of aryl methyl sites for hydroxylation is 1. The van der Waals surface area contributed by atoms with E-state index in [0.29, 0.717) is 11.5 Å². The summed E-state index contributed by atoms with van der Waals surface area (Å²) in [7, 11) is 0. The number of rotatable bonds is 6. The van der Waals surface area contributed by atoms with Crippen LogP contribution >= 0.6 is 11.3 Å². The van der Waals surface area contributed by atoms with Gasteiger partial charge in [0, 0.05) is 17.0 Å². The first-order valence-electron chi connectivity index (χ1n) is 7.49. The molecule has 0 aliphatic rings. The molecule has 1 heterocycles. The largest absolute Gasteiger partial charge is 0.312 e. The normalized spacial score (nSPS) is 11.3. The summed E-state index contributed by atoms with van der Waals surface area (Å²) < 4.78 is 14.1. The summed E-state index contributed by atoms with van der Waals surface area (Å²) in [4.78, 5) is 5.92. The predicted octanol–water partition coefficient (Wildman–Crippen LogP) is 4.88. The Morgan fingerprint density at radius 1 is 1.33 bits per heavy atom. The van der Waals surface area contributed by atoms with Crippen LogP contribution in [0.2, 0.25) is 0 Å². The van der Waals surface area contributed by atoms with Crippen LogP contribution in [0.25, 0.3) is 10.6 Å². The number of thiazole rings is 1. The molecule has 1 aromatic carbocycles. The van der Waals surface area contributed by atoms with Crippen LogP contribution in [0, 0.1) is 12.7 Å². The van der Waals surface area contributed by atoms with Crippen molar-refractivity contribution in [3.63, 3.8) is 0 Å². The van der Waals surface area contributed by atoms with Gasteiger partial charge in [0.2, 0.25) is 0 Å². The Hall–Kier alpha value is -1.26. The molecule has 0 radical (unpaired) electrons. The van der Waals surface area contributed by atoms with Crippen molar-refractivity contribution < 1.29 is 4.39 Å². The quantitative estimate of drug-likeness (QED) is 0.769. The lowest BCUT2D eigenvalue weighted by Crippen LogP contribution is -2.14. The van der Waals surface area contributed by atoms with E-state index in [1.807, 2.05) is 13.0 Å². The topological polar surface area (TPSA) is 24.9 Å². The average Bonchev–Trinajstić information content (AvgIpc) is 2.86. The number of nitrogens with zero attached hydrogens (tertiary/aromatic N) is 1. The lowest BCUT2D eigenvalue weighted by atomic mass is 10.1. The molecule has 2 nitrogen and oxygen atoms in total. The van der Waals surface area contributed by atoms with Gasteiger partial charge in [0.15, 0.2) is 0 Å². The van der Waals surface area contributed by atoms with E-state index in [2.05, 4.69) is 26.1 Å². The standard InChI is InChI=1S/C17H23FN2S/c1-5-8-19-10-15-16(11(2)3)20-17(21-15)13-9-12(4)6-7-14(13)18/h6-7,9,11,19H,5,8,10H2,1-4H3. The molecule has 2 aromatic rings. The zero-order chi connectivity index (χ0) is 15.4. The summed E-state index contributed by atoms with van der Waals surface area (Å²) in [6, 6.07) is 5.19. The lowest BCUT2D eigenvalue weighted by Gasteiger charge is -2.05. The second kappa shape index (κ2) is 7.14. The van der Waals surface area contributed by atoms with Gasteiger partial charge in [0.05, 0.1) is 5.69 Å². The smallest absolute Gasteiger partial charge is 0.133 e. The van der Waals surface area contributed by atoms with E-state index in [1.165, 1.54) is 10.9 Å². The van der Waals surface area contributed by atoms with Gasteiger partial charge < -0.3 is 5.32 Å². The molecule has 0 saturated carbocycles. The zero-order valence-electron chi connectivity index (χ0n) is 13.2. The van der Waals surface area contributed by atoms with Crippen LogP contribution in [0.1, 0.15) is 49.2 Å². The van der Waals surface area contributed by atoms with Crippen molar-refractivity contribution in [3.8, 4) is 10.6 Å². The van der Waals surface area contributed by atoms with Crippen molar-refractivity contribution in [1.29, 1.82) is 0 Å². The van der Waals surface area contributed by atoms with E-state index in [9.17, 15) is 4.39 Å². The molecule has 114 valence electrons. The first-order chi connectivity index (χ1) is 10.0. The monoisotopic (exact) mass is 306 g/mol. The third-order valence-corrected chi connectivity index (χ3v) is 4.44. The summed E-state index contributed by atoms with van der Waals surface area (Å²) in [5, 5.41) is 4.20. The SMILES string of the molecule is CCCNCc1sc(-c2cc(C)ccc2F)nc1C(C)C. The van der Waals surface area contributed by atoms with Crippen LogP contribution in [0.5, 0.6) is 0 Å². The van der Waals surface area contributed by atoms with Gasteiger partial charge in [-0.1, -0.05) is 32.4 Å². The molecule has 0 fully saturated rings. The third-order valence-electron chi connectivity index (χ3n) is 3.34. The van der Waals surface area contributed by atoms with E-state index < -0.39 is 0 Å². The molecule has 1 N–H and O–H groups in total. The number of benzene rings is 1. The van der Waals surface area contributed by atoms with E-state index in [0.717, 1.165) is 35.8 Å². The van der Waals surface area contributed by atoms with E-state index in [1.54, 1.807) is 17.4 Å². The summed E-state index contributed by atoms with van der Waals surface area (Å²) in [6.07, 6.45) is 1.11. The molecule has 0 aliphatic carbocycles. The maximum Gasteiger partial charge on any atom is 0.133 e. The van der Waals surface area contributed by atoms with Gasteiger partial charge in [-0.15, -0.1) is 11.3 Å². The molecular formula is C17H23FN2S. The highest BCUT2D eigenvalue weighted by molar-refractivity contribution is 7.15. The van der Waals surface area contributed by atoms with E-state index in [-0.39, 0.29) is 5.82 Å². The molecule has 0 saturated heterocycles. The summed E-state index contributed by atoms with van der Waals surface area (Å²) in [6.45, 7) is 10.2. The first kappa shape index (κ1) is 16.1. The first-order valence-corrected chi connectivity index (χ1v) is 8.31. The van der Waals surface area contributed by atoms with Gasteiger partial charge in [-0.2, -0.15) is 0 Å². The second-order valence-corrected chi connectivity index (χ2v) is 6.73. The van der Waals surface area contributed by atoms with Gasteiger partial charge in [-0.25, -0.2) is 9.37 Å². The van der Waals surface area contributed by atoms with Gasteiger partial charge >= 0.3 is 0 Å². The fourth-order valence-corrected chi connectivity index (χ4v) is 3.44. The predicted molar refractivity (Wildman–Crippen MR) is 88.3 cm³/mol. The highest BCUT2D eigenvalue weighted by Crippen LogP contribution is 2.33. The van der Waals surface area contributed by atoms with Gasteiger partial charge in [-0.3, -0.25) is 0 Å². The van der Waals surface area contributed by atoms with Crippen molar-refractivity contribution in [3.05, 3.63) is 40.2 Å². The molecule has 0 spiro atoms. The maximum atomic E-state index is 14.1. The summed E-state index contributed by atoms with van der Waals surface area (Å²) in [5.41, 5.74) is 2.75. The number of aromatic nitrogens is 1. The fourth-order valence-electron chi connectivity index (χ4n) is 2.24. The van der Waals surface area contributed by atoms with Gasteiger partial charge in [0.25, 0.3) is 0 Å². The molecule has 4 heteroatoms. The molecule has 1 aromatic heterocycles. The third kappa shape index (κ3) is 3.89. The molecule has 2 rings (SSSR count). The molecule has 0 bridgehead atoms. The minimum atomic E-state index is -0.197. The Morgan fingerprint density at radius 2 is 2.10 bits per heavy atom. The zero-order valence-corrected chi connectivity index (χ0v) is 14.0. The van der Waals surface area contributed by atoms with E-state index in [4.69, 9.17) is 4.98 Å². The van der Waals surface area contributed by atoms with Crippen LogP contribution in [0.4, 0.5) is 4.39 Å². The summed E-state index contributed by atoms with van der Waals surface area (Å²) >= 11 is 1.60. The van der Waals surface area contributed by atoms with E-state index >= 15 is 0 Å². The highest BCUT2D eigenvalue weighted by Gasteiger charge is 2.17. The molecule has 21 heavy (non-hydrogen) atoms. The number of hydrogen-bond donors (Lipinski definition) is 1. The van der Waals surface area contributed by atoms with Gasteiger partial charge in [-0.05, 0) is 37.9 Å². The molecule has 0 atom stereocenters. The highest BCUT2D eigenvalue weighted by atomic mass is 32.1. The molecule has 0 unspecified atom stereocenters. The fraction of sp³-hybridized carbons (Fsp3) is 0.471. The maximum absolute atomic E-state index is 14.1. The van der Waals surface area contributed by atoms with Crippen molar-refractivity contribution in [1.82, 2.24) is 10.3 Å². The molecular weight excluding hydrogens is 283 g/mol. The Bertz CT molecular complexity index is 605. The molecule has 0 amide bonds. The Balaban J connectivity index is 2.36. The Labute approximate surface area is 130 Å². The van der Waals surface area contributed by atoms with Crippen LogP contribution < -0.4 is 5.32 Å². The van der Waals surface area contributed by atoms with Crippen LogP contribution in [0.15, 0.2) is 18.2 Å². The Kier molecular flexibility index (Phi) is 5.48. The van der Waals surface area contributed by atoms with Crippen molar-refractivity contribution in [2.45, 2.75) is 46.6 Å². The minimum absolute atomic E-state index is 0.197. The number of hydrogen-bond acceptors (Lipinski definition) is 3. The molecule has 0 aliphatic heterocycles. The van der Waals surface area contributed by atoms with Crippen LogP contribution in [-0.2, 0) is 6.54 Å². The minimum Gasteiger partial charge on any atom is -0.312 e. The van der Waals surface area contributed by atoms with Crippen LogP contribution in [-0.4, -0.2) is 11.5 Å². The van der Waals surface area contributed by atoms with Crippen molar-refractivity contribution in [2.24, 2.45) is 0 Å². The summed E-state index contributed by atoms with van der Waals surface area (Å²) in [5.74, 6) is 0.152. The van der Waals surface area contributed by atoms with Gasteiger partial charge in [0.1, 0.15) is 10.8 Å². The number of halogens is 1. The Morgan fingerprint density at radius 3 is 2.76 bits per heavy atom.